The third-order valence-corrected chi connectivity index (χ3v) is 4.04. The lowest BCUT2D eigenvalue weighted by atomic mass is 10.2. The standard InChI is InChI=1S/C13H16N4O2S/c1-16-10-8-14-13(20-2)15-12(10)9(7-11(16)18)17-3-5-19-6-4-17/h7-8H,3-6H2,1-2H3. The molecule has 1 fully saturated rings. The minimum absolute atomic E-state index is 0.0421. The Hall–Kier alpha value is -1.60. The molecule has 7 heteroatoms. The number of aryl methyl sites for hydroxylation is 1. The predicted octanol–water partition coefficient (Wildman–Crippen LogP) is 0.887. The van der Waals surface area contributed by atoms with Crippen LogP contribution in [0.2, 0.25) is 0 Å². The highest BCUT2D eigenvalue weighted by molar-refractivity contribution is 7.98. The van der Waals surface area contributed by atoms with Gasteiger partial charge in [-0.3, -0.25) is 4.79 Å². The first kappa shape index (κ1) is 13.4. The summed E-state index contributed by atoms with van der Waals surface area (Å²) < 4.78 is 6.96. The van der Waals surface area contributed by atoms with Gasteiger partial charge in [0.05, 0.1) is 30.6 Å². The number of thioether (sulfide) groups is 1. The van der Waals surface area contributed by atoms with E-state index in [1.165, 1.54) is 11.8 Å². The van der Waals surface area contributed by atoms with E-state index < -0.39 is 0 Å². The maximum absolute atomic E-state index is 12.1. The van der Waals surface area contributed by atoms with E-state index in [9.17, 15) is 4.79 Å². The van der Waals surface area contributed by atoms with Crippen LogP contribution in [-0.2, 0) is 11.8 Å². The van der Waals surface area contributed by atoms with Gasteiger partial charge in [0.25, 0.3) is 5.56 Å². The molecule has 2 aromatic rings. The molecule has 0 aromatic carbocycles. The van der Waals surface area contributed by atoms with E-state index in [1.54, 1.807) is 23.9 Å². The summed E-state index contributed by atoms with van der Waals surface area (Å²) >= 11 is 1.50. The fourth-order valence-corrected chi connectivity index (χ4v) is 2.68. The molecule has 106 valence electrons. The maximum atomic E-state index is 12.1. The molecule has 1 aliphatic heterocycles. The highest BCUT2D eigenvalue weighted by atomic mass is 32.2. The minimum atomic E-state index is -0.0421. The lowest BCUT2D eigenvalue weighted by Crippen LogP contribution is -2.37. The average molecular weight is 292 g/mol. The molecule has 6 nitrogen and oxygen atoms in total. The molecule has 0 spiro atoms. The SMILES string of the molecule is CSc1ncc2c(n1)c(N1CCOCC1)cc(=O)n2C. The molecule has 0 unspecified atom stereocenters. The number of hydrogen-bond acceptors (Lipinski definition) is 6. The second kappa shape index (κ2) is 5.41. The third-order valence-electron chi connectivity index (χ3n) is 3.48. The van der Waals surface area contributed by atoms with Gasteiger partial charge >= 0.3 is 0 Å². The molecule has 0 N–H and O–H groups in total. The Morgan fingerprint density at radius 2 is 2.10 bits per heavy atom. The molecule has 0 radical (unpaired) electrons. The monoisotopic (exact) mass is 292 g/mol. The number of hydrogen-bond donors (Lipinski definition) is 0. The van der Waals surface area contributed by atoms with Crippen LogP contribution in [0.15, 0.2) is 22.2 Å². The zero-order valence-electron chi connectivity index (χ0n) is 11.5. The Labute approximate surface area is 120 Å². The van der Waals surface area contributed by atoms with Crippen molar-refractivity contribution in [2.24, 2.45) is 7.05 Å². The number of rotatable bonds is 2. The topological polar surface area (TPSA) is 60.2 Å². The van der Waals surface area contributed by atoms with Gasteiger partial charge < -0.3 is 14.2 Å². The molecule has 3 rings (SSSR count). The van der Waals surface area contributed by atoms with Gasteiger partial charge in [0.15, 0.2) is 5.16 Å². The van der Waals surface area contributed by atoms with Crippen LogP contribution in [-0.4, -0.2) is 47.1 Å². The number of morpholine rings is 1. The molecule has 0 aliphatic carbocycles. The number of aromatic nitrogens is 3. The molecule has 0 atom stereocenters. The fourth-order valence-electron chi connectivity index (χ4n) is 2.34. The number of fused-ring (bicyclic) bond motifs is 1. The van der Waals surface area contributed by atoms with Crippen LogP contribution in [0.3, 0.4) is 0 Å². The van der Waals surface area contributed by atoms with Gasteiger partial charge in [-0.1, -0.05) is 11.8 Å². The number of nitrogens with zero attached hydrogens (tertiary/aromatic N) is 4. The first-order valence-corrected chi connectivity index (χ1v) is 7.66. The van der Waals surface area contributed by atoms with Crippen molar-refractivity contribution < 1.29 is 4.74 Å². The van der Waals surface area contributed by atoms with Crippen molar-refractivity contribution in [2.75, 3.05) is 37.5 Å². The first-order chi connectivity index (χ1) is 9.70. The van der Waals surface area contributed by atoms with Crippen LogP contribution in [0, 0.1) is 0 Å². The van der Waals surface area contributed by atoms with Gasteiger partial charge in [-0.05, 0) is 6.26 Å². The Morgan fingerprint density at radius 1 is 1.35 bits per heavy atom. The summed E-state index contributed by atoms with van der Waals surface area (Å²) in [5.74, 6) is 0. The summed E-state index contributed by atoms with van der Waals surface area (Å²) in [6.07, 6.45) is 3.66. The van der Waals surface area contributed by atoms with Crippen molar-refractivity contribution in [2.45, 2.75) is 5.16 Å². The zero-order chi connectivity index (χ0) is 14.1. The fraction of sp³-hybridized carbons (Fsp3) is 0.462. The van der Waals surface area contributed by atoms with Crippen molar-refractivity contribution >= 4 is 28.5 Å². The maximum Gasteiger partial charge on any atom is 0.252 e. The van der Waals surface area contributed by atoms with E-state index in [-0.39, 0.29) is 5.56 Å². The normalized spacial score (nSPS) is 15.8. The summed E-state index contributed by atoms with van der Waals surface area (Å²) in [4.78, 5) is 23.1. The second-order valence-corrected chi connectivity index (χ2v) is 5.39. The first-order valence-electron chi connectivity index (χ1n) is 6.44. The number of pyridine rings is 1. The molecule has 1 saturated heterocycles. The summed E-state index contributed by atoms with van der Waals surface area (Å²) in [7, 11) is 1.75. The molecule has 20 heavy (non-hydrogen) atoms. The van der Waals surface area contributed by atoms with Crippen LogP contribution >= 0.6 is 11.8 Å². The molecule has 0 saturated carbocycles. The molecular weight excluding hydrogens is 276 g/mol. The van der Waals surface area contributed by atoms with Crippen LogP contribution in [0.1, 0.15) is 0 Å². The minimum Gasteiger partial charge on any atom is -0.378 e. The van der Waals surface area contributed by atoms with Crippen molar-refractivity contribution in [1.29, 1.82) is 0 Å². The highest BCUT2D eigenvalue weighted by Crippen LogP contribution is 2.25. The van der Waals surface area contributed by atoms with E-state index in [0.717, 1.165) is 29.8 Å². The largest absolute Gasteiger partial charge is 0.378 e. The second-order valence-electron chi connectivity index (χ2n) is 4.62. The molecular formula is C13H16N4O2S. The van der Waals surface area contributed by atoms with Crippen LogP contribution in [0.5, 0.6) is 0 Å². The van der Waals surface area contributed by atoms with Crippen LogP contribution in [0.4, 0.5) is 5.69 Å². The zero-order valence-corrected chi connectivity index (χ0v) is 12.3. The summed E-state index contributed by atoms with van der Waals surface area (Å²) in [5, 5.41) is 0.714. The molecule has 0 amide bonds. The Bertz CT molecular complexity index is 695. The van der Waals surface area contributed by atoms with E-state index in [4.69, 9.17) is 4.74 Å². The summed E-state index contributed by atoms with van der Waals surface area (Å²) in [6, 6.07) is 1.66. The van der Waals surface area contributed by atoms with E-state index >= 15 is 0 Å². The summed E-state index contributed by atoms with van der Waals surface area (Å²) in [6.45, 7) is 2.91. The molecule has 2 aromatic heterocycles. The average Bonchev–Trinajstić information content (AvgIpc) is 2.51. The molecule has 3 heterocycles. The van der Waals surface area contributed by atoms with E-state index in [2.05, 4.69) is 14.9 Å². The van der Waals surface area contributed by atoms with Gasteiger partial charge in [-0.25, -0.2) is 9.97 Å². The van der Waals surface area contributed by atoms with Gasteiger partial charge in [0.2, 0.25) is 0 Å². The predicted molar refractivity (Wildman–Crippen MR) is 79.6 cm³/mol. The van der Waals surface area contributed by atoms with Gasteiger partial charge in [-0.2, -0.15) is 0 Å². The Kier molecular flexibility index (Phi) is 3.62. The lowest BCUT2D eigenvalue weighted by molar-refractivity contribution is 0.123. The highest BCUT2D eigenvalue weighted by Gasteiger charge is 2.17. The smallest absolute Gasteiger partial charge is 0.252 e. The number of anilines is 1. The number of ether oxygens (including phenoxy) is 1. The van der Waals surface area contributed by atoms with Crippen molar-refractivity contribution in [3.8, 4) is 0 Å². The van der Waals surface area contributed by atoms with Crippen molar-refractivity contribution in [3.05, 3.63) is 22.6 Å². The van der Waals surface area contributed by atoms with Gasteiger partial charge in [0.1, 0.15) is 5.52 Å². The quantitative estimate of drug-likeness (QED) is 0.605. The molecule has 0 bridgehead atoms. The van der Waals surface area contributed by atoms with E-state index in [1.807, 2.05) is 6.26 Å². The molecule has 1 aliphatic rings. The van der Waals surface area contributed by atoms with E-state index in [0.29, 0.717) is 18.4 Å². The lowest BCUT2D eigenvalue weighted by Gasteiger charge is -2.29. The van der Waals surface area contributed by atoms with Crippen molar-refractivity contribution in [1.82, 2.24) is 14.5 Å². The Morgan fingerprint density at radius 3 is 2.80 bits per heavy atom. The van der Waals surface area contributed by atoms with Gasteiger partial charge in [0, 0.05) is 26.2 Å². The van der Waals surface area contributed by atoms with Crippen LogP contribution < -0.4 is 10.5 Å². The third kappa shape index (κ3) is 2.27. The Balaban J connectivity index is 2.23. The van der Waals surface area contributed by atoms with Crippen molar-refractivity contribution in [3.63, 3.8) is 0 Å². The summed E-state index contributed by atoms with van der Waals surface area (Å²) in [5.41, 5.74) is 2.42. The van der Waals surface area contributed by atoms with Crippen LogP contribution in [0.25, 0.3) is 11.0 Å². The van der Waals surface area contributed by atoms with Gasteiger partial charge in [-0.15, -0.1) is 0 Å².